The third-order valence-electron chi connectivity index (χ3n) is 3.16. The van der Waals surface area contributed by atoms with Crippen molar-refractivity contribution in [2.75, 3.05) is 11.4 Å². The monoisotopic (exact) mass is 269 g/mol. The first-order valence-electron chi connectivity index (χ1n) is 6.68. The van der Waals surface area contributed by atoms with Crippen LogP contribution in [0.2, 0.25) is 0 Å². The fourth-order valence-electron chi connectivity index (χ4n) is 2.43. The number of nitrogens with zero attached hydrogens (tertiary/aromatic N) is 1. The summed E-state index contributed by atoms with van der Waals surface area (Å²) in [6.07, 6.45) is 0. The van der Waals surface area contributed by atoms with Crippen molar-refractivity contribution >= 4 is 23.1 Å². The van der Waals surface area contributed by atoms with Crippen LogP contribution in [0.1, 0.15) is 20.8 Å². The van der Waals surface area contributed by atoms with Crippen LogP contribution in [0.4, 0.5) is 11.4 Å². The minimum absolute atomic E-state index is 0.266. The minimum Gasteiger partial charge on any atom is -0.339 e. The van der Waals surface area contributed by atoms with E-state index in [2.05, 4.69) is 74.2 Å². The molecule has 0 bridgehead atoms. The van der Waals surface area contributed by atoms with Gasteiger partial charge in [-0.05, 0) is 29.7 Å². The second-order valence-electron chi connectivity index (χ2n) is 6.18. The molecule has 3 rings (SSSR count). The van der Waals surface area contributed by atoms with Gasteiger partial charge in [-0.15, -0.1) is 0 Å². The molecule has 0 spiro atoms. The summed E-state index contributed by atoms with van der Waals surface area (Å²) in [5, 5.41) is 0. The highest BCUT2D eigenvalue weighted by molar-refractivity contribution is 7.99. The lowest BCUT2D eigenvalue weighted by molar-refractivity contribution is 0.423. The molecule has 1 heterocycles. The Hall–Kier alpha value is -1.41. The van der Waals surface area contributed by atoms with E-state index >= 15 is 0 Å². The predicted molar refractivity (Wildman–Crippen MR) is 83.5 cm³/mol. The van der Waals surface area contributed by atoms with E-state index < -0.39 is 0 Å². The Kier molecular flexibility index (Phi) is 3.06. The maximum absolute atomic E-state index is 2.46. The first-order chi connectivity index (χ1) is 9.04. The SMILES string of the molecule is CC(C)(C)CN1c2ccccc2Sc2ccccc21. The molecule has 19 heavy (non-hydrogen) atoms. The molecule has 0 amide bonds. The zero-order valence-electron chi connectivity index (χ0n) is 11.7. The molecule has 0 saturated heterocycles. The second kappa shape index (κ2) is 4.61. The molecular formula is C17H19NS. The van der Waals surface area contributed by atoms with E-state index in [1.165, 1.54) is 21.2 Å². The molecule has 0 aromatic heterocycles. The highest BCUT2D eigenvalue weighted by Crippen LogP contribution is 2.48. The number of hydrogen-bond donors (Lipinski definition) is 0. The minimum atomic E-state index is 0.266. The van der Waals surface area contributed by atoms with Crippen LogP contribution >= 0.6 is 11.8 Å². The Bertz CT molecular complexity index is 553. The second-order valence-corrected chi connectivity index (χ2v) is 7.27. The molecule has 1 nitrogen and oxygen atoms in total. The molecule has 0 saturated carbocycles. The maximum Gasteiger partial charge on any atom is 0.0553 e. The lowest BCUT2D eigenvalue weighted by Gasteiger charge is -2.37. The van der Waals surface area contributed by atoms with Gasteiger partial charge in [0, 0.05) is 16.3 Å². The zero-order chi connectivity index (χ0) is 13.5. The Morgan fingerprint density at radius 2 is 1.32 bits per heavy atom. The molecule has 1 aliphatic heterocycles. The van der Waals surface area contributed by atoms with Crippen molar-refractivity contribution in [3.63, 3.8) is 0 Å². The third-order valence-corrected chi connectivity index (χ3v) is 4.29. The van der Waals surface area contributed by atoms with E-state index in [0.717, 1.165) is 6.54 Å². The largest absolute Gasteiger partial charge is 0.339 e. The predicted octanol–water partition coefficient (Wildman–Crippen LogP) is 5.34. The number of benzene rings is 2. The lowest BCUT2D eigenvalue weighted by atomic mass is 9.95. The van der Waals surface area contributed by atoms with E-state index in [1.54, 1.807) is 0 Å². The Morgan fingerprint density at radius 1 is 0.842 bits per heavy atom. The molecule has 2 aromatic carbocycles. The number of fused-ring (bicyclic) bond motifs is 2. The van der Waals surface area contributed by atoms with Crippen molar-refractivity contribution in [1.29, 1.82) is 0 Å². The normalized spacial score (nSPS) is 13.9. The van der Waals surface area contributed by atoms with E-state index in [1.807, 2.05) is 11.8 Å². The zero-order valence-corrected chi connectivity index (χ0v) is 12.5. The van der Waals surface area contributed by atoms with Gasteiger partial charge in [-0.25, -0.2) is 0 Å². The quantitative estimate of drug-likeness (QED) is 0.688. The molecular weight excluding hydrogens is 250 g/mol. The van der Waals surface area contributed by atoms with Crippen LogP contribution in [-0.4, -0.2) is 6.54 Å². The van der Waals surface area contributed by atoms with Gasteiger partial charge < -0.3 is 4.90 Å². The summed E-state index contributed by atoms with van der Waals surface area (Å²) in [5.74, 6) is 0. The average molecular weight is 269 g/mol. The standard InChI is InChI=1S/C17H19NS/c1-17(2,3)12-18-13-8-4-6-10-15(13)19-16-11-7-5-9-14(16)18/h4-11H,12H2,1-3H3. The van der Waals surface area contributed by atoms with Gasteiger partial charge in [-0.3, -0.25) is 0 Å². The first-order valence-corrected chi connectivity index (χ1v) is 7.50. The van der Waals surface area contributed by atoms with Crippen LogP contribution in [0.15, 0.2) is 58.3 Å². The summed E-state index contributed by atoms with van der Waals surface area (Å²) in [7, 11) is 0. The van der Waals surface area contributed by atoms with Gasteiger partial charge in [-0.1, -0.05) is 56.8 Å². The molecule has 0 unspecified atom stereocenters. The number of anilines is 2. The van der Waals surface area contributed by atoms with E-state index in [0.29, 0.717) is 0 Å². The first kappa shape index (κ1) is 12.6. The van der Waals surface area contributed by atoms with Crippen molar-refractivity contribution < 1.29 is 0 Å². The third kappa shape index (κ3) is 2.50. The Morgan fingerprint density at radius 3 is 1.79 bits per heavy atom. The van der Waals surface area contributed by atoms with Crippen LogP contribution in [-0.2, 0) is 0 Å². The van der Waals surface area contributed by atoms with Gasteiger partial charge in [0.2, 0.25) is 0 Å². The van der Waals surface area contributed by atoms with Gasteiger partial charge in [-0.2, -0.15) is 0 Å². The molecule has 0 fully saturated rings. The summed E-state index contributed by atoms with van der Waals surface area (Å²) >= 11 is 1.87. The number of hydrogen-bond acceptors (Lipinski definition) is 2. The van der Waals surface area contributed by atoms with Crippen molar-refractivity contribution in [1.82, 2.24) is 0 Å². The van der Waals surface area contributed by atoms with E-state index in [4.69, 9.17) is 0 Å². The van der Waals surface area contributed by atoms with Crippen LogP contribution in [0, 0.1) is 5.41 Å². The topological polar surface area (TPSA) is 3.24 Å². The van der Waals surface area contributed by atoms with Crippen LogP contribution in [0.3, 0.4) is 0 Å². The summed E-state index contributed by atoms with van der Waals surface area (Å²) in [6.45, 7) is 7.90. The van der Waals surface area contributed by atoms with Gasteiger partial charge in [0.15, 0.2) is 0 Å². The number of para-hydroxylation sites is 2. The Balaban J connectivity index is 2.11. The highest BCUT2D eigenvalue weighted by Gasteiger charge is 2.26. The number of rotatable bonds is 1. The summed E-state index contributed by atoms with van der Waals surface area (Å²) in [6, 6.07) is 17.4. The summed E-state index contributed by atoms with van der Waals surface area (Å²) < 4.78 is 0. The van der Waals surface area contributed by atoms with E-state index in [9.17, 15) is 0 Å². The molecule has 0 aliphatic carbocycles. The fraction of sp³-hybridized carbons (Fsp3) is 0.294. The summed E-state index contributed by atoms with van der Waals surface area (Å²) in [5.41, 5.74) is 2.93. The van der Waals surface area contributed by atoms with Crippen molar-refractivity contribution in [3.8, 4) is 0 Å². The van der Waals surface area contributed by atoms with Crippen molar-refractivity contribution in [2.45, 2.75) is 30.6 Å². The fourth-order valence-corrected chi connectivity index (χ4v) is 3.52. The van der Waals surface area contributed by atoms with Crippen molar-refractivity contribution in [3.05, 3.63) is 48.5 Å². The lowest BCUT2D eigenvalue weighted by Crippen LogP contribution is -2.30. The Labute approximate surface area is 119 Å². The van der Waals surface area contributed by atoms with Crippen LogP contribution in [0.25, 0.3) is 0 Å². The maximum atomic E-state index is 2.46. The highest BCUT2D eigenvalue weighted by atomic mass is 32.2. The molecule has 0 N–H and O–H groups in total. The molecule has 0 atom stereocenters. The van der Waals surface area contributed by atoms with Crippen LogP contribution < -0.4 is 4.90 Å². The van der Waals surface area contributed by atoms with Gasteiger partial charge in [0.1, 0.15) is 0 Å². The molecule has 2 heteroatoms. The molecule has 98 valence electrons. The van der Waals surface area contributed by atoms with Crippen LogP contribution in [0.5, 0.6) is 0 Å². The molecule has 2 aromatic rings. The smallest absolute Gasteiger partial charge is 0.0553 e. The summed E-state index contributed by atoms with van der Waals surface area (Å²) in [4.78, 5) is 5.16. The average Bonchev–Trinajstić information content (AvgIpc) is 2.37. The molecule has 1 aliphatic rings. The van der Waals surface area contributed by atoms with Gasteiger partial charge in [0.05, 0.1) is 11.4 Å². The van der Waals surface area contributed by atoms with Gasteiger partial charge >= 0.3 is 0 Å². The van der Waals surface area contributed by atoms with E-state index in [-0.39, 0.29) is 5.41 Å². The molecule has 0 radical (unpaired) electrons. The van der Waals surface area contributed by atoms with Gasteiger partial charge in [0.25, 0.3) is 0 Å². The van der Waals surface area contributed by atoms with Crippen molar-refractivity contribution in [2.24, 2.45) is 5.41 Å².